The zero-order valence-electron chi connectivity index (χ0n) is 9.10. The highest BCUT2D eigenvalue weighted by Gasteiger charge is 2.12. The Labute approximate surface area is 95.4 Å². The monoisotopic (exact) mass is 254 g/mol. The fourth-order valence-electron chi connectivity index (χ4n) is 0.930. The van der Waals surface area contributed by atoms with Crippen LogP contribution in [0.2, 0.25) is 0 Å². The molecular formula is C9H18O4S2. The van der Waals surface area contributed by atoms with Gasteiger partial charge in [0.25, 0.3) is 0 Å². The Morgan fingerprint density at radius 1 is 1.40 bits per heavy atom. The van der Waals surface area contributed by atoms with Gasteiger partial charge in [-0.2, -0.15) is 11.8 Å². The van der Waals surface area contributed by atoms with Gasteiger partial charge in [-0.05, 0) is 6.42 Å². The summed E-state index contributed by atoms with van der Waals surface area (Å²) in [6, 6.07) is 0. The Kier molecular flexibility index (Phi) is 7.00. The van der Waals surface area contributed by atoms with E-state index in [0.29, 0.717) is 17.9 Å². The number of hydrogen-bond donors (Lipinski definition) is 1. The van der Waals surface area contributed by atoms with Crippen LogP contribution >= 0.6 is 11.8 Å². The maximum atomic E-state index is 11.3. The predicted octanol–water partition coefficient (Wildman–Crippen LogP) is 1.27. The van der Waals surface area contributed by atoms with Crippen LogP contribution in [-0.2, 0) is 14.6 Å². The molecule has 0 aliphatic rings. The van der Waals surface area contributed by atoms with Crippen molar-refractivity contribution in [2.24, 2.45) is 5.92 Å². The number of carboxylic acids is 1. The van der Waals surface area contributed by atoms with Gasteiger partial charge in [0, 0.05) is 17.3 Å². The van der Waals surface area contributed by atoms with Gasteiger partial charge in [0.05, 0.1) is 11.7 Å². The summed E-state index contributed by atoms with van der Waals surface area (Å²) in [6.45, 7) is 3.45. The predicted molar refractivity (Wildman–Crippen MR) is 63.1 cm³/mol. The van der Waals surface area contributed by atoms with Crippen LogP contribution in [0.1, 0.15) is 20.3 Å². The maximum absolute atomic E-state index is 11.3. The molecule has 0 fully saturated rings. The highest BCUT2D eigenvalue weighted by atomic mass is 32.2. The van der Waals surface area contributed by atoms with Gasteiger partial charge in [0.2, 0.25) is 0 Å². The van der Waals surface area contributed by atoms with Crippen LogP contribution in [0.5, 0.6) is 0 Å². The number of sulfone groups is 1. The van der Waals surface area contributed by atoms with Gasteiger partial charge in [-0.3, -0.25) is 4.79 Å². The molecule has 0 bridgehead atoms. The first kappa shape index (κ1) is 14.8. The van der Waals surface area contributed by atoms with Gasteiger partial charge in [-0.1, -0.05) is 13.8 Å². The van der Waals surface area contributed by atoms with Crippen LogP contribution in [0.3, 0.4) is 0 Å². The normalized spacial score (nSPS) is 13.7. The van der Waals surface area contributed by atoms with Crippen molar-refractivity contribution in [2.75, 3.05) is 23.0 Å². The molecule has 1 unspecified atom stereocenters. The molecule has 0 saturated heterocycles. The molecule has 0 spiro atoms. The Morgan fingerprint density at radius 3 is 2.47 bits per heavy atom. The van der Waals surface area contributed by atoms with Crippen LogP contribution < -0.4 is 0 Å². The minimum absolute atomic E-state index is 0.151. The molecule has 0 aromatic rings. The first-order valence-electron chi connectivity index (χ1n) is 4.90. The topological polar surface area (TPSA) is 71.4 Å². The summed E-state index contributed by atoms with van der Waals surface area (Å²) < 4.78 is 22.6. The van der Waals surface area contributed by atoms with E-state index in [4.69, 9.17) is 5.11 Å². The second-order valence-electron chi connectivity index (χ2n) is 3.47. The molecule has 0 radical (unpaired) electrons. The Hall–Kier alpha value is -0.230. The van der Waals surface area contributed by atoms with E-state index in [-0.39, 0.29) is 11.5 Å². The fourth-order valence-corrected chi connectivity index (χ4v) is 3.91. The highest BCUT2D eigenvalue weighted by Crippen LogP contribution is 2.09. The first-order chi connectivity index (χ1) is 6.89. The standard InChI is InChI=1S/C9H18O4S2/c1-3-5-15(12,13)6-4-14-7-8(2)9(10)11/h8H,3-7H2,1-2H3,(H,10,11). The van der Waals surface area contributed by atoms with Gasteiger partial charge in [0.15, 0.2) is 9.84 Å². The van der Waals surface area contributed by atoms with E-state index in [9.17, 15) is 13.2 Å². The van der Waals surface area contributed by atoms with Crippen molar-refractivity contribution in [1.29, 1.82) is 0 Å². The lowest BCUT2D eigenvalue weighted by atomic mass is 10.2. The van der Waals surface area contributed by atoms with Gasteiger partial charge < -0.3 is 5.11 Å². The Bertz CT molecular complexity index is 284. The van der Waals surface area contributed by atoms with E-state index in [1.807, 2.05) is 6.92 Å². The zero-order chi connectivity index (χ0) is 11.9. The number of carboxylic acid groups (broad SMARTS) is 1. The number of aliphatic carboxylic acids is 1. The lowest BCUT2D eigenvalue weighted by Crippen LogP contribution is -2.15. The lowest BCUT2D eigenvalue weighted by Gasteiger charge is -2.05. The van der Waals surface area contributed by atoms with Crippen LogP contribution in [0, 0.1) is 5.92 Å². The van der Waals surface area contributed by atoms with Crippen molar-refractivity contribution in [3.05, 3.63) is 0 Å². The number of rotatable bonds is 8. The average Bonchev–Trinajstić information content (AvgIpc) is 2.11. The second kappa shape index (κ2) is 7.11. The number of carbonyl (C=O) groups is 1. The van der Waals surface area contributed by atoms with Crippen molar-refractivity contribution >= 4 is 27.6 Å². The summed E-state index contributed by atoms with van der Waals surface area (Å²) in [5.74, 6) is 0.0828. The summed E-state index contributed by atoms with van der Waals surface area (Å²) in [7, 11) is -2.92. The molecule has 1 N–H and O–H groups in total. The highest BCUT2D eigenvalue weighted by molar-refractivity contribution is 8.00. The molecule has 1 atom stereocenters. The van der Waals surface area contributed by atoms with Crippen molar-refractivity contribution < 1.29 is 18.3 Å². The third kappa shape index (κ3) is 7.67. The van der Waals surface area contributed by atoms with Crippen molar-refractivity contribution in [3.63, 3.8) is 0 Å². The first-order valence-corrected chi connectivity index (χ1v) is 7.87. The number of thioether (sulfide) groups is 1. The van der Waals surface area contributed by atoms with Crippen LogP contribution in [0.25, 0.3) is 0 Å². The van der Waals surface area contributed by atoms with E-state index in [1.54, 1.807) is 6.92 Å². The third-order valence-corrected chi connectivity index (χ3v) is 5.19. The summed E-state index contributed by atoms with van der Waals surface area (Å²) in [4.78, 5) is 10.5. The molecule has 0 amide bonds. The third-order valence-electron chi connectivity index (χ3n) is 1.84. The summed E-state index contributed by atoms with van der Waals surface area (Å²) in [6.07, 6.45) is 0.637. The quantitative estimate of drug-likeness (QED) is 0.660. The molecule has 15 heavy (non-hydrogen) atoms. The smallest absolute Gasteiger partial charge is 0.307 e. The minimum atomic E-state index is -2.92. The van der Waals surface area contributed by atoms with Crippen molar-refractivity contribution in [3.8, 4) is 0 Å². The molecule has 0 aliphatic carbocycles. The molecule has 0 aromatic carbocycles. The Morgan fingerprint density at radius 2 is 2.00 bits per heavy atom. The van der Waals surface area contributed by atoms with E-state index >= 15 is 0 Å². The fraction of sp³-hybridized carbons (Fsp3) is 0.889. The molecule has 0 heterocycles. The molecule has 0 rings (SSSR count). The van der Waals surface area contributed by atoms with Crippen molar-refractivity contribution in [2.45, 2.75) is 20.3 Å². The van der Waals surface area contributed by atoms with Crippen molar-refractivity contribution in [1.82, 2.24) is 0 Å². The molecule has 90 valence electrons. The SMILES string of the molecule is CCCS(=O)(=O)CCSCC(C)C(=O)O. The number of hydrogen-bond acceptors (Lipinski definition) is 4. The Balaban J connectivity index is 3.67. The van der Waals surface area contributed by atoms with E-state index in [1.165, 1.54) is 11.8 Å². The van der Waals surface area contributed by atoms with E-state index in [0.717, 1.165) is 0 Å². The van der Waals surface area contributed by atoms with Gasteiger partial charge in [-0.25, -0.2) is 8.42 Å². The maximum Gasteiger partial charge on any atom is 0.307 e. The van der Waals surface area contributed by atoms with Gasteiger partial charge in [-0.15, -0.1) is 0 Å². The molecule has 0 saturated carbocycles. The van der Waals surface area contributed by atoms with Gasteiger partial charge in [0.1, 0.15) is 0 Å². The second-order valence-corrected chi connectivity index (χ2v) is 6.92. The zero-order valence-corrected chi connectivity index (χ0v) is 10.7. The molecule has 0 aromatic heterocycles. The molecule has 0 aliphatic heterocycles. The van der Waals surface area contributed by atoms with Crippen LogP contribution in [-0.4, -0.2) is 42.5 Å². The average molecular weight is 254 g/mol. The summed E-state index contributed by atoms with van der Waals surface area (Å²) >= 11 is 1.38. The van der Waals surface area contributed by atoms with E-state index in [2.05, 4.69) is 0 Å². The van der Waals surface area contributed by atoms with Gasteiger partial charge >= 0.3 is 5.97 Å². The minimum Gasteiger partial charge on any atom is -0.481 e. The molecule has 4 nitrogen and oxygen atoms in total. The van der Waals surface area contributed by atoms with E-state index < -0.39 is 21.7 Å². The lowest BCUT2D eigenvalue weighted by molar-refractivity contribution is -0.140. The summed E-state index contributed by atoms with van der Waals surface area (Å²) in [5.41, 5.74) is 0. The molecular weight excluding hydrogens is 236 g/mol. The van der Waals surface area contributed by atoms with Crippen LogP contribution in [0.4, 0.5) is 0 Å². The molecule has 6 heteroatoms. The summed E-state index contributed by atoms with van der Waals surface area (Å²) in [5, 5.41) is 8.59. The van der Waals surface area contributed by atoms with Crippen LogP contribution in [0.15, 0.2) is 0 Å². The largest absolute Gasteiger partial charge is 0.481 e.